The first-order chi connectivity index (χ1) is 10.4. The minimum atomic E-state index is 1.23. The summed E-state index contributed by atoms with van der Waals surface area (Å²) < 4.78 is 0. The van der Waals surface area contributed by atoms with Crippen molar-refractivity contribution in [3.05, 3.63) is 35.9 Å². The highest BCUT2D eigenvalue weighted by atomic mass is 15.1. The van der Waals surface area contributed by atoms with Gasteiger partial charge in [-0.05, 0) is 57.3 Å². The molecule has 0 spiro atoms. The molecule has 0 radical (unpaired) electrons. The molecule has 0 saturated heterocycles. The van der Waals surface area contributed by atoms with Crippen molar-refractivity contribution in [2.24, 2.45) is 0 Å². The minimum Gasteiger partial charge on any atom is -0.303 e. The van der Waals surface area contributed by atoms with Crippen molar-refractivity contribution in [2.75, 3.05) is 19.6 Å². The van der Waals surface area contributed by atoms with Crippen molar-refractivity contribution in [1.82, 2.24) is 4.90 Å². The smallest absolute Gasteiger partial charge is 0.00186 e. The standard InChI is InChI=1S/C20H35N/c1-3-5-11-17-21(18-12-6-4-2)19-13-10-16-20-14-8-7-9-15-20/h7-9,14-15H,3-6,10-13,16-19H2,1-2H3. The lowest BCUT2D eigenvalue weighted by Gasteiger charge is -2.22. The average molecular weight is 290 g/mol. The van der Waals surface area contributed by atoms with E-state index in [0.717, 1.165) is 0 Å². The van der Waals surface area contributed by atoms with Crippen LogP contribution in [0.2, 0.25) is 0 Å². The third-order valence-electron chi connectivity index (χ3n) is 4.19. The molecule has 0 bridgehead atoms. The van der Waals surface area contributed by atoms with Gasteiger partial charge in [-0.1, -0.05) is 69.9 Å². The molecule has 0 saturated carbocycles. The van der Waals surface area contributed by atoms with Crippen LogP contribution in [-0.4, -0.2) is 24.5 Å². The van der Waals surface area contributed by atoms with E-state index in [9.17, 15) is 0 Å². The van der Waals surface area contributed by atoms with Gasteiger partial charge in [-0.15, -0.1) is 0 Å². The summed E-state index contributed by atoms with van der Waals surface area (Å²) in [6.07, 6.45) is 12.1. The van der Waals surface area contributed by atoms with Crippen molar-refractivity contribution in [2.45, 2.75) is 71.6 Å². The quantitative estimate of drug-likeness (QED) is 0.421. The van der Waals surface area contributed by atoms with Crippen molar-refractivity contribution >= 4 is 0 Å². The van der Waals surface area contributed by atoms with E-state index in [4.69, 9.17) is 0 Å². The molecule has 21 heavy (non-hydrogen) atoms. The SMILES string of the molecule is CCCCCN(CCCCC)CCCCc1ccccc1. The van der Waals surface area contributed by atoms with Crippen LogP contribution in [0.25, 0.3) is 0 Å². The Morgan fingerprint density at radius 1 is 0.667 bits per heavy atom. The van der Waals surface area contributed by atoms with Gasteiger partial charge in [0.2, 0.25) is 0 Å². The zero-order valence-electron chi connectivity index (χ0n) is 14.3. The van der Waals surface area contributed by atoms with Gasteiger partial charge in [0.1, 0.15) is 0 Å². The first-order valence-corrected chi connectivity index (χ1v) is 9.13. The maximum atomic E-state index is 2.70. The highest BCUT2D eigenvalue weighted by molar-refractivity contribution is 5.14. The summed E-state index contributed by atoms with van der Waals surface area (Å²) in [6, 6.07) is 10.9. The van der Waals surface area contributed by atoms with Crippen LogP contribution in [0, 0.1) is 0 Å². The number of nitrogens with zero attached hydrogens (tertiary/aromatic N) is 1. The molecule has 0 unspecified atom stereocenters. The topological polar surface area (TPSA) is 3.24 Å². The molecular formula is C20H35N. The van der Waals surface area contributed by atoms with Crippen LogP contribution in [0.3, 0.4) is 0 Å². The average Bonchev–Trinajstić information content (AvgIpc) is 2.52. The van der Waals surface area contributed by atoms with Gasteiger partial charge in [-0.25, -0.2) is 0 Å². The van der Waals surface area contributed by atoms with Gasteiger partial charge >= 0.3 is 0 Å². The van der Waals surface area contributed by atoms with Gasteiger partial charge in [0.05, 0.1) is 0 Å². The van der Waals surface area contributed by atoms with E-state index in [0.29, 0.717) is 0 Å². The molecule has 1 heteroatoms. The second-order valence-corrected chi connectivity index (χ2v) is 6.20. The molecule has 0 aliphatic heterocycles. The predicted molar refractivity (Wildman–Crippen MR) is 94.9 cm³/mol. The number of aryl methyl sites for hydroxylation is 1. The Labute approximate surface area is 132 Å². The molecule has 1 rings (SSSR count). The van der Waals surface area contributed by atoms with Crippen LogP contribution in [-0.2, 0) is 6.42 Å². The van der Waals surface area contributed by atoms with Gasteiger partial charge in [0.15, 0.2) is 0 Å². The highest BCUT2D eigenvalue weighted by Gasteiger charge is 2.04. The molecule has 0 fully saturated rings. The number of rotatable bonds is 13. The zero-order valence-corrected chi connectivity index (χ0v) is 14.3. The van der Waals surface area contributed by atoms with E-state index >= 15 is 0 Å². The highest BCUT2D eigenvalue weighted by Crippen LogP contribution is 2.08. The Hall–Kier alpha value is -0.820. The van der Waals surface area contributed by atoms with E-state index in [2.05, 4.69) is 49.1 Å². The van der Waals surface area contributed by atoms with E-state index in [-0.39, 0.29) is 0 Å². The predicted octanol–water partition coefficient (Wildman–Crippen LogP) is 5.69. The first-order valence-electron chi connectivity index (χ1n) is 9.13. The van der Waals surface area contributed by atoms with E-state index in [1.165, 1.54) is 83.0 Å². The third kappa shape index (κ3) is 9.68. The Bertz CT molecular complexity index is 310. The molecule has 0 aliphatic carbocycles. The lowest BCUT2D eigenvalue weighted by molar-refractivity contribution is 0.257. The number of benzene rings is 1. The fourth-order valence-electron chi connectivity index (χ4n) is 2.82. The number of unbranched alkanes of at least 4 members (excludes halogenated alkanes) is 5. The molecule has 0 aromatic heterocycles. The van der Waals surface area contributed by atoms with Crippen molar-refractivity contribution in [3.63, 3.8) is 0 Å². The van der Waals surface area contributed by atoms with Crippen molar-refractivity contribution in [3.8, 4) is 0 Å². The van der Waals surface area contributed by atoms with E-state index in [1.54, 1.807) is 0 Å². The summed E-state index contributed by atoms with van der Waals surface area (Å²) in [5.74, 6) is 0. The van der Waals surface area contributed by atoms with E-state index in [1.807, 2.05) is 0 Å². The minimum absolute atomic E-state index is 1.23. The Kier molecular flexibility index (Phi) is 11.2. The normalized spacial score (nSPS) is 11.2. The molecule has 0 N–H and O–H groups in total. The Morgan fingerprint density at radius 2 is 1.19 bits per heavy atom. The summed E-state index contributed by atoms with van der Waals surface area (Å²) in [5, 5.41) is 0. The van der Waals surface area contributed by atoms with Crippen molar-refractivity contribution in [1.29, 1.82) is 0 Å². The second-order valence-electron chi connectivity index (χ2n) is 6.20. The molecule has 0 heterocycles. The van der Waals surface area contributed by atoms with Crippen LogP contribution < -0.4 is 0 Å². The summed E-state index contributed by atoms with van der Waals surface area (Å²) in [5.41, 5.74) is 1.49. The van der Waals surface area contributed by atoms with Gasteiger partial charge in [0.25, 0.3) is 0 Å². The fraction of sp³-hybridized carbons (Fsp3) is 0.700. The summed E-state index contributed by atoms with van der Waals surface area (Å²) in [6.45, 7) is 8.49. The van der Waals surface area contributed by atoms with Crippen LogP contribution >= 0.6 is 0 Å². The third-order valence-corrected chi connectivity index (χ3v) is 4.19. The maximum absolute atomic E-state index is 2.70. The van der Waals surface area contributed by atoms with Gasteiger partial charge in [0, 0.05) is 0 Å². The zero-order chi connectivity index (χ0) is 15.2. The number of hydrogen-bond acceptors (Lipinski definition) is 1. The van der Waals surface area contributed by atoms with Gasteiger partial charge in [-0.3, -0.25) is 0 Å². The lowest BCUT2D eigenvalue weighted by atomic mass is 10.1. The summed E-state index contributed by atoms with van der Waals surface area (Å²) in [7, 11) is 0. The monoisotopic (exact) mass is 289 g/mol. The Balaban J connectivity index is 2.17. The largest absolute Gasteiger partial charge is 0.303 e. The molecule has 1 nitrogen and oxygen atoms in total. The second kappa shape index (κ2) is 12.9. The molecule has 0 atom stereocenters. The van der Waals surface area contributed by atoms with Gasteiger partial charge < -0.3 is 4.90 Å². The molecule has 1 aromatic rings. The molecule has 0 amide bonds. The van der Waals surface area contributed by atoms with E-state index < -0.39 is 0 Å². The van der Waals surface area contributed by atoms with Gasteiger partial charge in [-0.2, -0.15) is 0 Å². The first kappa shape index (κ1) is 18.2. The molecule has 0 aliphatic rings. The lowest BCUT2D eigenvalue weighted by Crippen LogP contribution is -2.27. The maximum Gasteiger partial charge on any atom is -0.00186 e. The van der Waals surface area contributed by atoms with Crippen LogP contribution in [0.5, 0.6) is 0 Å². The molecule has 1 aromatic carbocycles. The van der Waals surface area contributed by atoms with Crippen LogP contribution in [0.4, 0.5) is 0 Å². The molecule has 120 valence electrons. The van der Waals surface area contributed by atoms with Crippen LogP contribution in [0.1, 0.15) is 70.8 Å². The summed E-state index contributed by atoms with van der Waals surface area (Å²) in [4.78, 5) is 2.70. The molecular weight excluding hydrogens is 254 g/mol. The summed E-state index contributed by atoms with van der Waals surface area (Å²) >= 11 is 0. The Morgan fingerprint density at radius 3 is 1.71 bits per heavy atom. The number of hydrogen-bond donors (Lipinski definition) is 0. The van der Waals surface area contributed by atoms with Crippen LogP contribution in [0.15, 0.2) is 30.3 Å². The van der Waals surface area contributed by atoms with Crippen molar-refractivity contribution < 1.29 is 0 Å². The fourth-order valence-corrected chi connectivity index (χ4v) is 2.82.